The number of carbonyl (C=O) groups excluding carboxylic acids is 1. The van der Waals surface area contributed by atoms with Crippen molar-refractivity contribution in [3.63, 3.8) is 0 Å². The van der Waals surface area contributed by atoms with Crippen LogP contribution in [-0.2, 0) is 0 Å². The predicted molar refractivity (Wildman–Crippen MR) is 139 cm³/mol. The predicted octanol–water partition coefficient (Wildman–Crippen LogP) is 5.63. The first-order valence-corrected chi connectivity index (χ1v) is 12.5. The van der Waals surface area contributed by atoms with Crippen LogP contribution < -0.4 is 10.2 Å². The van der Waals surface area contributed by atoms with E-state index in [2.05, 4.69) is 65.1 Å². The fourth-order valence-corrected chi connectivity index (χ4v) is 4.09. The molecule has 0 bridgehead atoms. The Morgan fingerprint density at radius 1 is 1.03 bits per heavy atom. The molecular weight excluding hydrogens is 466 g/mol. The van der Waals surface area contributed by atoms with Crippen LogP contribution in [0.25, 0.3) is 0 Å². The van der Waals surface area contributed by atoms with Gasteiger partial charge in [-0.3, -0.25) is 4.79 Å². The normalized spacial score (nSPS) is 13.4. The van der Waals surface area contributed by atoms with Crippen molar-refractivity contribution in [1.82, 2.24) is 4.90 Å². The summed E-state index contributed by atoms with van der Waals surface area (Å²) in [5, 5.41) is 11.3. The summed E-state index contributed by atoms with van der Waals surface area (Å²) in [6, 6.07) is 12.5. The maximum absolute atomic E-state index is 13.2. The summed E-state index contributed by atoms with van der Waals surface area (Å²) in [4.78, 5) is 17.5. The quantitative estimate of drug-likeness (QED) is 0.480. The third kappa shape index (κ3) is 7.52. The lowest BCUT2D eigenvalue weighted by atomic mass is 10.1. The summed E-state index contributed by atoms with van der Waals surface area (Å²) < 4.78 is 0.989. The number of nitrogens with zero attached hydrogens (tertiary/aromatic N) is 2. The monoisotopic (exact) mass is 503 g/mol. The second-order valence-corrected chi connectivity index (χ2v) is 9.18. The van der Waals surface area contributed by atoms with Crippen LogP contribution in [0.2, 0.25) is 0 Å². The van der Waals surface area contributed by atoms with Gasteiger partial charge in [0.1, 0.15) is 0 Å². The molecule has 0 atom stereocenters. The summed E-state index contributed by atoms with van der Waals surface area (Å²) in [7, 11) is 0. The maximum atomic E-state index is 13.2. The van der Waals surface area contributed by atoms with Crippen LogP contribution in [0.1, 0.15) is 54.6 Å². The fourth-order valence-electron chi connectivity index (χ4n) is 3.73. The number of rotatable bonds is 7. The molecule has 1 heterocycles. The molecule has 0 aromatic heterocycles. The van der Waals surface area contributed by atoms with Gasteiger partial charge in [0.25, 0.3) is 5.91 Å². The average Bonchev–Trinajstić information content (AvgIpc) is 2.79. The fraction of sp³-hybridized carbons (Fsp3) is 0.500. The first-order chi connectivity index (χ1) is 15.4. The number of piperazine rings is 1. The molecule has 1 aliphatic rings. The zero-order valence-corrected chi connectivity index (χ0v) is 21.5. The Kier molecular flexibility index (Phi) is 11.0. The van der Waals surface area contributed by atoms with Crippen LogP contribution in [0.5, 0.6) is 0 Å². The third-order valence-electron chi connectivity index (χ3n) is 5.54. The van der Waals surface area contributed by atoms with Crippen LogP contribution in [0.15, 0.2) is 40.9 Å². The minimum Gasteiger partial charge on any atom is -0.396 e. The molecule has 1 fully saturated rings. The molecule has 0 radical (unpaired) electrons. The van der Waals surface area contributed by atoms with Gasteiger partial charge in [-0.2, -0.15) is 0 Å². The van der Waals surface area contributed by atoms with E-state index in [4.69, 9.17) is 5.11 Å². The smallest absolute Gasteiger partial charge is 0.256 e. The summed E-state index contributed by atoms with van der Waals surface area (Å²) in [5.74, 6) is 0.117. The Bertz CT molecular complexity index is 862. The molecule has 0 spiro atoms. The lowest BCUT2D eigenvalue weighted by molar-refractivity contribution is 0.0747. The largest absolute Gasteiger partial charge is 0.396 e. The molecule has 2 N–H and O–H groups in total. The van der Waals surface area contributed by atoms with E-state index in [0.29, 0.717) is 6.61 Å². The third-order valence-corrected chi connectivity index (χ3v) is 6.03. The number of amides is 1. The maximum Gasteiger partial charge on any atom is 0.256 e. The number of hydrogen-bond acceptors (Lipinski definition) is 4. The highest BCUT2D eigenvalue weighted by Crippen LogP contribution is 2.26. The molecule has 6 heteroatoms. The second-order valence-electron chi connectivity index (χ2n) is 8.26. The van der Waals surface area contributed by atoms with Crippen molar-refractivity contribution in [1.29, 1.82) is 0 Å². The van der Waals surface area contributed by atoms with Gasteiger partial charge in [-0.25, -0.2) is 0 Å². The van der Waals surface area contributed by atoms with Gasteiger partial charge < -0.3 is 20.2 Å². The Labute approximate surface area is 201 Å². The van der Waals surface area contributed by atoms with Crippen LogP contribution in [0.3, 0.4) is 0 Å². The number of nitrogens with one attached hydrogen (secondary N) is 1. The second kappa shape index (κ2) is 13.5. The summed E-state index contributed by atoms with van der Waals surface area (Å²) in [6.07, 6.45) is 3.10. The number of hydrogen-bond donors (Lipinski definition) is 2. The molecule has 5 nitrogen and oxygen atoms in total. The van der Waals surface area contributed by atoms with Gasteiger partial charge >= 0.3 is 0 Å². The zero-order chi connectivity index (χ0) is 23.5. The molecule has 1 amide bonds. The Balaban J connectivity index is 0.000000837. The van der Waals surface area contributed by atoms with E-state index >= 15 is 0 Å². The molecule has 32 heavy (non-hydrogen) atoms. The highest BCUT2D eigenvalue weighted by molar-refractivity contribution is 9.10. The highest BCUT2D eigenvalue weighted by atomic mass is 79.9. The minimum absolute atomic E-state index is 0.117. The van der Waals surface area contributed by atoms with Crippen molar-refractivity contribution in [3.05, 3.63) is 57.6 Å². The Morgan fingerprint density at radius 3 is 2.31 bits per heavy atom. The zero-order valence-electron chi connectivity index (χ0n) is 20.0. The first-order valence-electron chi connectivity index (χ1n) is 11.7. The van der Waals surface area contributed by atoms with E-state index in [0.717, 1.165) is 67.7 Å². The summed E-state index contributed by atoms with van der Waals surface area (Å²) in [5.41, 5.74) is 5.55. The number of aliphatic hydroxyl groups excluding tert-OH is 1. The van der Waals surface area contributed by atoms with Crippen molar-refractivity contribution in [3.8, 4) is 0 Å². The number of benzene rings is 2. The lowest BCUT2D eigenvalue weighted by Gasteiger charge is -2.37. The van der Waals surface area contributed by atoms with Crippen LogP contribution >= 0.6 is 15.9 Å². The van der Waals surface area contributed by atoms with Gasteiger partial charge in [0.15, 0.2) is 0 Å². The van der Waals surface area contributed by atoms with Crippen LogP contribution in [0.4, 0.5) is 11.4 Å². The van der Waals surface area contributed by atoms with Crippen molar-refractivity contribution < 1.29 is 9.90 Å². The number of carbonyl (C=O) groups is 1. The van der Waals surface area contributed by atoms with Crippen molar-refractivity contribution in [2.24, 2.45) is 0 Å². The number of aryl methyl sites for hydroxylation is 2. The first kappa shape index (κ1) is 26.2. The van der Waals surface area contributed by atoms with E-state index in [9.17, 15) is 4.79 Å². The van der Waals surface area contributed by atoms with Crippen LogP contribution in [0, 0.1) is 13.8 Å². The highest BCUT2D eigenvalue weighted by Gasteiger charge is 2.24. The topological polar surface area (TPSA) is 55.8 Å². The van der Waals surface area contributed by atoms with E-state index in [1.807, 2.05) is 30.0 Å². The molecule has 2 aromatic rings. The van der Waals surface area contributed by atoms with Crippen molar-refractivity contribution in [2.75, 3.05) is 49.5 Å². The Hall–Kier alpha value is -2.05. The molecule has 0 aliphatic carbocycles. The molecule has 1 aliphatic heterocycles. The molecular formula is C26H38BrN3O2. The van der Waals surface area contributed by atoms with Gasteiger partial charge in [0.2, 0.25) is 0 Å². The van der Waals surface area contributed by atoms with E-state index < -0.39 is 0 Å². The Morgan fingerprint density at radius 2 is 1.72 bits per heavy atom. The number of halogens is 1. The van der Waals surface area contributed by atoms with Gasteiger partial charge in [-0.15, -0.1) is 0 Å². The molecule has 3 rings (SSSR count). The summed E-state index contributed by atoms with van der Waals surface area (Å²) >= 11 is 3.52. The van der Waals surface area contributed by atoms with Gasteiger partial charge in [0.05, 0.1) is 5.56 Å². The average molecular weight is 505 g/mol. The van der Waals surface area contributed by atoms with Crippen molar-refractivity contribution >= 4 is 33.2 Å². The van der Waals surface area contributed by atoms with E-state index in [1.165, 1.54) is 16.8 Å². The van der Waals surface area contributed by atoms with Gasteiger partial charge in [-0.05, 0) is 56.5 Å². The molecule has 1 saturated heterocycles. The summed E-state index contributed by atoms with van der Waals surface area (Å²) in [6.45, 7) is 12.8. The lowest BCUT2D eigenvalue weighted by Crippen LogP contribution is -2.49. The minimum atomic E-state index is 0.117. The van der Waals surface area contributed by atoms with Crippen LogP contribution in [-0.4, -0.2) is 55.2 Å². The molecule has 176 valence electrons. The SMILES string of the molecule is CCCCNc1cc(Br)ccc1C(=O)N1CCN(c2ccc(C)cc2C)CC1.CCCO. The van der Waals surface area contributed by atoms with Gasteiger partial charge in [0, 0.05) is 55.2 Å². The number of aliphatic hydroxyl groups is 1. The standard InChI is InChI=1S/C23H30BrN3O.C3H8O/c1-4-5-10-25-21-16-19(24)7-8-20(21)23(28)27-13-11-26(12-14-27)22-9-6-17(2)15-18(22)3;1-2-3-4/h6-9,15-16,25H,4-5,10-14H2,1-3H3;4H,2-3H2,1H3. The van der Waals surface area contributed by atoms with Gasteiger partial charge in [-0.1, -0.05) is 53.9 Å². The number of unbranched alkanes of at least 4 members (excludes halogenated alkanes) is 1. The molecule has 2 aromatic carbocycles. The van der Waals surface area contributed by atoms with Crippen molar-refractivity contribution in [2.45, 2.75) is 47.0 Å². The number of anilines is 2. The van der Waals surface area contributed by atoms with E-state index in [-0.39, 0.29) is 5.91 Å². The van der Waals surface area contributed by atoms with E-state index in [1.54, 1.807) is 0 Å². The molecule has 0 saturated carbocycles. The molecule has 0 unspecified atom stereocenters.